The molecule has 11 heteroatoms. The maximum atomic E-state index is 13.9. The van der Waals surface area contributed by atoms with Crippen molar-refractivity contribution in [1.82, 2.24) is 19.5 Å². The standard InChI is InChI=1S/C36H51N7O4/c1-10-12-18-37-27-15-13-14-25(19-27)22-42(33(46)47-34(3,4)5)30-20-29(40-31-26(11-2)21-38-43(30)31)39-28-16-17-36(8,9)41(23-28)24-35(6,7)32(44)45/h13-15,19-21,28,37H,11,16-18,22-24H2,1-9H3,(H,39,40)(H,44,45)/t28-/m0/s1. The number of benzene rings is 1. The number of aromatic nitrogens is 3. The Balaban J connectivity index is 1.73. The van der Waals surface area contributed by atoms with E-state index in [1.807, 2.05) is 51.1 Å². The lowest BCUT2D eigenvalue weighted by Gasteiger charge is -2.48. The van der Waals surface area contributed by atoms with Crippen molar-refractivity contribution in [2.75, 3.05) is 35.2 Å². The fourth-order valence-corrected chi connectivity index (χ4v) is 5.70. The molecule has 1 amide bonds. The smallest absolute Gasteiger partial charge is 0.416 e. The summed E-state index contributed by atoms with van der Waals surface area (Å²) in [6, 6.07) is 9.77. The molecule has 0 aliphatic carbocycles. The number of carbonyl (C=O) groups excluding carboxylic acids is 1. The summed E-state index contributed by atoms with van der Waals surface area (Å²) in [5.41, 5.74) is 1.67. The molecule has 1 atom stereocenters. The van der Waals surface area contributed by atoms with E-state index in [2.05, 4.69) is 53.2 Å². The van der Waals surface area contributed by atoms with Crippen molar-refractivity contribution in [3.63, 3.8) is 0 Å². The van der Waals surface area contributed by atoms with E-state index in [0.29, 0.717) is 36.9 Å². The Morgan fingerprint density at radius 3 is 2.60 bits per heavy atom. The monoisotopic (exact) mass is 645 g/mol. The molecular weight excluding hydrogens is 594 g/mol. The van der Waals surface area contributed by atoms with Crippen molar-refractivity contribution < 1.29 is 19.4 Å². The molecule has 1 fully saturated rings. The van der Waals surface area contributed by atoms with Crippen molar-refractivity contribution in [3.8, 4) is 11.8 Å². The normalized spacial score (nSPS) is 16.7. The summed E-state index contributed by atoms with van der Waals surface area (Å²) < 4.78 is 7.63. The molecule has 0 unspecified atom stereocenters. The van der Waals surface area contributed by atoms with Gasteiger partial charge in [0, 0.05) is 42.0 Å². The molecular formula is C36H51N7O4. The Hall–Kier alpha value is -4.30. The van der Waals surface area contributed by atoms with Gasteiger partial charge in [0.1, 0.15) is 17.2 Å². The maximum absolute atomic E-state index is 13.9. The molecule has 2 aromatic heterocycles. The number of likely N-dealkylation sites (tertiary alicyclic amines) is 1. The Labute approximate surface area is 279 Å². The lowest BCUT2D eigenvalue weighted by atomic mass is 9.84. The third-order valence-corrected chi connectivity index (χ3v) is 8.54. The van der Waals surface area contributed by atoms with E-state index in [1.165, 1.54) is 0 Å². The van der Waals surface area contributed by atoms with Crippen molar-refractivity contribution in [2.24, 2.45) is 5.41 Å². The first-order valence-corrected chi connectivity index (χ1v) is 16.4. The SMILES string of the molecule is CC#CCNc1cccc(CN(C(=O)OC(C)(C)C)c2cc(N[C@H]3CCC(C)(C)N(CC(C)(C)C(=O)O)C3)nc3c(CC)cnn23)c1. The average molecular weight is 646 g/mol. The third-order valence-electron chi connectivity index (χ3n) is 8.54. The number of carboxylic acid groups (broad SMARTS) is 1. The number of aryl methyl sites for hydroxylation is 1. The highest BCUT2D eigenvalue weighted by molar-refractivity contribution is 5.88. The summed E-state index contributed by atoms with van der Waals surface area (Å²) in [4.78, 5) is 34.7. The van der Waals surface area contributed by atoms with E-state index >= 15 is 0 Å². The molecule has 3 N–H and O–H groups in total. The fraction of sp³-hybridized carbons (Fsp3) is 0.556. The number of carbonyl (C=O) groups is 2. The molecule has 47 heavy (non-hydrogen) atoms. The first kappa shape index (κ1) is 35.6. The highest BCUT2D eigenvalue weighted by atomic mass is 16.6. The second-order valence-corrected chi connectivity index (χ2v) is 14.6. The van der Waals surface area contributed by atoms with Crippen LogP contribution in [0.5, 0.6) is 0 Å². The zero-order valence-electron chi connectivity index (χ0n) is 29.4. The number of amides is 1. The predicted molar refractivity (Wildman–Crippen MR) is 187 cm³/mol. The molecule has 0 saturated carbocycles. The predicted octanol–water partition coefficient (Wildman–Crippen LogP) is 6.43. The number of fused-ring (bicyclic) bond motifs is 1. The van der Waals surface area contributed by atoms with Crippen LogP contribution in [0.1, 0.15) is 86.3 Å². The van der Waals surface area contributed by atoms with Crippen molar-refractivity contribution in [2.45, 2.75) is 105 Å². The van der Waals surface area contributed by atoms with E-state index in [-0.39, 0.29) is 18.1 Å². The lowest BCUT2D eigenvalue weighted by Crippen LogP contribution is -2.57. The molecule has 0 bridgehead atoms. The summed E-state index contributed by atoms with van der Waals surface area (Å²) in [5.74, 6) is 6.24. The zero-order valence-corrected chi connectivity index (χ0v) is 29.4. The van der Waals surface area contributed by atoms with Gasteiger partial charge in [-0.15, -0.1) is 5.92 Å². The van der Waals surface area contributed by atoms with Gasteiger partial charge in [-0.1, -0.05) is 25.0 Å². The van der Waals surface area contributed by atoms with Gasteiger partial charge in [-0.2, -0.15) is 9.61 Å². The summed E-state index contributed by atoms with van der Waals surface area (Å²) in [5, 5.41) is 21.4. The second-order valence-electron chi connectivity index (χ2n) is 14.6. The highest BCUT2D eigenvalue weighted by Crippen LogP contribution is 2.33. The van der Waals surface area contributed by atoms with Crippen molar-refractivity contribution in [1.29, 1.82) is 0 Å². The summed E-state index contributed by atoms with van der Waals surface area (Å²) in [7, 11) is 0. The molecule has 1 aliphatic heterocycles. The topological polar surface area (TPSA) is 124 Å². The minimum atomic E-state index is -0.888. The molecule has 1 saturated heterocycles. The van der Waals surface area contributed by atoms with Gasteiger partial charge in [0.05, 0.1) is 24.7 Å². The number of piperidine rings is 1. The number of hydrogen-bond donors (Lipinski definition) is 3. The van der Waals surface area contributed by atoms with Crippen LogP contribution in [0.15, 0.2) is 36.5 Å². The van der Waals surface area contributed by atoms with E-state index < -0.39 is 23.1 Å². The lowest BCUT2D eigenvalue weighted by molar-refractivity contribution is -0.149. The molecule has 11 nitrogen and oxygen atoms in total. The number of nitrogens with one attached hydrogen (secondary N) is 2. The number of rotatable bonds is 11. The molecule has 3 heterocycles. The summed E-state index contributed by atoms with van der Waals surface area (Å²) in [6.07, 6.45) is 3.79. The Kier molecular flexibility index (Phi) is 10.8. The van der Waals surface area contributed by atoms with Gasteiger partial charge in [0.15, 0.2) is 5.65 Å². The van der Waals surface area contributed by atoms with Gasteiger partial charge >= 0.3 is 12.1 Å². The van der Waals surface area contributed by atoms with Gasteiger partial charge in [-0.05, 0) is 92.3 Å². The average Bonchev–Trinajstić information content (AvgIpc) is 3.40. The number of anilines is 3. The van der Waals surface area contributed by atoms with Crippen LogP contribution in [0.2, 0.25) is 0 Å². The van der Waals surface area contributed by atoms with Crippen LogP contribution in [-0.4, -0.2) is 73.5 Å². The maximum Gasteiger partial charge on any atom is 0.416 e. The number of carboxylic acids is 1. The van der Waals surface area contributed by atoms with Gasteiger partial charge in [0.25, 0.3) is 0 Å². The number of hydrogen-bond acceptors (Lipinski definition) is 8. The Bertz CT molecular complexity index is 1640. The van der Waals surface area contributed by atoms with Crippen molar-refractivity contribution in [3.05, 3.63) is 47.7 Å². The van der Waals surface area contributed by atoms with Gasteiger partial charge in [0.2, 0.25) is 0 Å². The molecule has 4 rings (SSSR count). The molecule has 3 aromatic rings. The fourth-order valence-electron chi connectivity index (χ4n) is 5.70. The summed E-state index contributed by atoms with van der Waals surface area (Å²) in [6.45, 7) is 19.1. The summed E-state index contributed by atoms with van der Waals surface area (Å²) >= 11 is 0. The first-order chi connectivity index (χ1) is 22.0. The van der Waals surface area contributed by atoms with Crippen LogP contribution in [0.4, 0.5) is 22.1 Å². The number of nitrogens with zero attached hydrogens (tertiary/aromatic N) is 5. The van der Waals surface area contributed by atoms with Crippen LogP contribution in [0.25, 0.3) is 5.65 Å². The van der Waals surface area contributed by atoms with E-state index in [0.717, 1.165) is 36.1 Å². The van der Waals surface area contributed by atoms with E-state index in [9.17, 15) is 14.7 Å². The second kappa shape index (κ2) is 14.2. The number of aliphatic carboxylic acids is 1. The van der Waals surface area contributed by atoms with Crippen molar-refractivity contribution >= 4 is 35.0 Å². The molecule has 254 valence electrons. The van der Waals surface area contributed by atoms with Crippen LogP contribution in [-0.2, 0) is 22.5 Å². The van der Waals surface area contributed by atoms with Crippen LogP contribution in [0, 0.1) is 17.3 Å². The van der Waals surface area contributed by atoms with Gasteiger partial charge in [-0.3, -0.25) is 14.6 Å². The number of ether oxygens (including phenoxy) is 1. The van der Waals surface area contributed by atoms with Gasteiger partial charge < -0.3 is 20.5 Å². The largest absolute Gasteiger partial charge is 0.481 e. The Morgan fingerprint density at radius 1 is 1.19 bits per heavy atom. The minimum Gasteiger partial charge on any atom is -0.481 e. The third kappa shape index (κ3) is 8.95. The van der Waals surface area contributed by atoms with Crippen LogP contribution >= 0.6 is 0 Å². The Morgan fingerprint density at radius 2 is 1.94 bits per heavy atom. The molecule has 0 spiro atoms. The molecule has 1 aromatic carbocycles. The van der Waals surface area contributed by atoms with Gasteiger partial charge in [-0.25, -0.2) is 9.78 Å². The van der Waals surface area contributed by atoms with Crippen LogP contribution in [0.3, 0.4) is 0 Å². The van der Waals surface area contributed by atoms with E-state index in [4.69, 9.17) is 9.72 Å². The zero-order chi connectivity index (χ0) is 34.6. The van der Waals surface area contributed by atoms with Crippen LogP contribution < -0.4 is 15.5 Å². The minimum absolute atomic E-state index is 0.0207. The first-order valence-electron chi connectivity index (χ1n) is 16.4. The van der Waals surface area contributed by atoms with E-state index in [1.54, 1.807) is 36.4 Å². The molecule has 1 aliphatic rings. The highest BCUT2D eigenvalue weighted by Gasteiger charge is 2.40. The quantitative estimate of drug-likeness (QED) is 0.202. The molecule has 0 radical (unpaired) electrons.